The van der Waals surface area contributed by atoms with E-state index < -0.39 is 6.67 Å². The summed E-state index contributed by atoms with van der Waals surface area (Å²) in [5.41, 5.74) is 1.13. The van der Waals surface area contributed by atoms with Crippen molar-refractivity contribution in [3.05, 3.63) is 48.0 Å². The van der Waals surface area contributed by atoms with Gasteiger partial charge in [-0.05, 0) is 16.3 Å². The number of hydrogen-bond donors (Lipinski definition) is 1. The Labute approximate surface area is 115 Å². The standard InChI is InChI=1S/C13H12FNS.BrH/c14-8-13(15)16-9-10-5-6-11-3-1-2-4-12(11)7-10;/h1-7,15H,8-9H2;1H. The maximum atomic E-state index is 12.1. The number of nitrogens with one attached hydrogen (secondary N) is 1. The lowest BCUT2D eigenvalue weighted by molar-refractivity contribution is 0.584. The van der Waals surface area contributed by atoms with E-state index in [4.69, 9.17) is 5.41 Å². The highest BCUT2D eigenvalue weighted by Gasteiger charge is 2.00. The molecule has 0 aliphatic heterocycles. The second-order valence-corrected chi connectivity index (χ2v) is 4.60. The topological polar surface area (TPSA) is 23.9 Å². The van der Waals surface area contributed by atoms with Gasteiger partial charge < -0.3 is 0 Å². The molecule has 4 heteroatoms. The van der Waals surface area contributed by atoms with Crippen LogP contribution in [0.15, 0.2) is 42.5 Å². The summed E-state index contributed by atoms with van der Waals surface area (Å²) in [4.78, 5) is 0. The van der Waals surface area contributed by atoms with Gasteiger partial charge in [0.25, 0.3) is 0 Å². The summed E-state index contributed by atoms with van der Waals surface area (Å²) in [6.45, 7) is -0.668. The second-order valence-electron chi connectivity index (χ2n) is 3.53. The molecule has 0 aliphatic rings. The van der Waals surface area contributed by atoms with Crippen LogP contribution in [0.4, 0.5) is 4.39 Å². The van der Waals surface area contributed by atoms with Crippen molar-refractivity contribution in [1.29, 1.82) is 5.41 Å². The van der Waals surface area contributed by atoms with Gasteiger partial charge in [0.05, 0.1) is 5.04 Å². The number of hydrogen-bond acceptors (Lipinski definition) is 2. The average molecular weight is 314 g/mol. The van der Waals surface area contributed by atoms with Crippen molar-refractivity contribution < 1.29 is 4.39 Å². The Kier molecular flexibility index (Phi) is 5.65. The zero-order valence-corrected chi connectivity index (χ0v) is 11.7. The normalized spacial score (nSPS) is 9.94. The number of benzene rings is 2. The largest absolute Gasteiger partial charge is 0.296 e. The molecule has 0 amide bonds. The minimum Gasteiger partial charge on any atom is -0.296 e. The van der Waals surface area contributed by atoms with E-state index in [0.29, 0.717) is 5.75 Å². The summed E-state index contributed by atoms with van der Waals surface area (Å²) in [6, 6.07) is 14.3. The van der Waals surface area contributed by atoms with Crippen LogP contribution < -0.4 is 0 Å². The zero-order chi connectivity index (χ0) is 11.4. The first kappa shape index (κ1) is 14.2. The van der Waals surface area contributed by atoms with E-state index >= 15 is 0 Å². The van der Waals surface area contributed by atoms with Crippen molar-refractivity contribution in [2.75, 3.05) is 6.67 Å². The van der Waals surface area contributed by atoms with Gasteiger partial charge in [0.15, 0.2) is 0 Å². The van der Waals surface area contributed by atoms with Gasteiger partial charge in [0, 0.05) is 5.75 Å². The first-order valence-corrected chi connectivity index (χ1v) is 6.02. The minimum atomic E-state index is -0.668. The number of rotatable bonds is 3. The third-order valence-electron chi connectivity index (χ3n) is 2.35. The van der Waals surface area contributed by atoms with Crippen molar-refractivity contribution in [1.82, 2.24) is 0 Å². The van der Waals surface area contributed by atoms with Gasteiger partial charge in [-0.1, -0.05) is 42.5 Å². The molecular weight excluding hydrogens is 301 g/mol. The summed E-state index contributed by atoms with van der Waals surface area (Å²) in [6.07, 6.45) is 0. The monoisotopic (exact) mass is 313 g/mol. The van der Waals surface area contributed by atoms with Gasteiger partial charge in [0.2, 0.25) is 0 Å². The van der Waals surface area contributed by atoms with Crippen LogP contribution in [0.3, 0.4) is 0 Å². The molecule has 0 aliphatic carbocycles. The van der Waals surface area contributed by atoms with Crippen molar-refractivity contribution in [3.8, 4) is 0 Å². The fourth-order valence-corrected chi connectivity index (χ4v) is 2.14. The molecule has 2 aromatic rings. The van der Waals surface area contributed by atoms with E-state index in [1.54, 1.807) is 0 Å². The van der Waals surface area contributed by atoms with Gasteiger partial charge in [-0.15, -0.1) is 28.7 Å². The Balaban J connectivity index is 0.00000144. The van der Waals surface area contributed by atoms with Crippen molar-refractivity contribution in [2.45, 2.75) is 5.75 Å². The molecule has 0 saturated carbocycles. The van der Waals surface area contributed by atoms with Crippen LogP contribution >= 0.6 is 28.7 Å². The molecule has 1 nitrogen and oxygen atoms in total. The van der Waals surface area contributed by atoms with Crippen LogP contribution in [0.2, 0.25) is 0 Å². The van der Waals surface area contributed by atoms with Gasteiger partial charge in [0.1, 0.15) is 6.67 Å². The summed E-state index contributed by atoms with van der Waals surface area (Å²) < 4.78 is 12.1. The lowest BCUT2D eigenvalue weighted by Crippen LogP contribution is -1.92. The van der Waals surface area contributed by atoms with Crippen LogP contribution in [-0.4, -0.2) is 11.7 Å². The minimum absolute atomic E-state index is 0. The van der Waals surface area contributed by atoms with E-state index in [1.165, 1.54) is 22.5 Å². The molecule has 2 rings (SSSR count). The average Bonchev–Trinajstić information content (AvgIpc) is 2.35. The molecule has 0 radical (unpaired) electrons. The van der Waals surface area contributed by atoms with Gasteiger partial charge >= 0.3 is 0 Å². The predicted molar refractivity (Wildman–Crippen MR) is 79.3 cm³/mol. The quantitative estimate of drug-likeness (QED) is 0.650. The second kappa shape index (κ2) is 6.77. The smallest absolute Gasteiger partial charge is 0.137 e. The summed E-state index contributed by atoms with van der Waals surface area (Å²) in [5, 5.41) is 9.72. The highest BCUT2D eigenvalue weighted by molar-refractivity contribution is 8.93. The molecule has 0 fully saturated rings. The molecule has 0 atom stereocenters. The molecule has 0 aromatic heterocycles. The Morgan fingerprint density at radius 2 is 1.82 bits per heavy atom. The van der Waals surface area contributed by atoms with Crippen LogP contribution in [0.5, 0.6) is 0 Å². The molecule has 0 bridgehead atoms. The summed E-state index contributed by atoms with van der Waals surface area (Å²) in [7, 11) is 0. The third-order valence-corrected chi connectivity index (χ3v) is 3.28. The van der Waals surface area contributed by atoms with E-state index in [2.05, 4.69) is 24.3 Å². The highest BCUT2D eigenvalue weighted by Crippen LogP contribution is 2.19. The summed E-state index contributed by atoms with van der Waals surface area (Å²) in [5.74, 6) is 0.660. The molecule has 2 aromatic carbocycles. The van der Waals surface area contributed by atoms with Crippen LogP contribution in [0, 0.1) is 5.41 Å². The van der Waals surface area contributed by atoms with E-state index in [1.807, 2.05) is 18.2 Å². The van der Waals surface area contributed by atoms with Crippen molar-refractivity contribution in [3.63, 3.8) is 0 Å². The Bertz CT molecular complexity index is 516. The van der Waals surface area contributed by atoms with Crippen LogP contribution in [0.1, 0.15) is 5.56 Å². The molecule has 0 spiro atoms. The number of fused-ring (bicyclic) bond motifs is 1. The lowest BCUT2D eigenvalue weighted by Gasteiger charge is -2.03. The maximum Gasteiger partial charge on any atom is 0.137 e. The van der Waals surface area contributed by atoms with Crippen LogP contribution in [-0.2, 0) is 5.75 Å². The van der Waals surface area contributed by atoms with E-state index in [0.717, 1.165) is 5.56 Å². The van der Waals surface area contributed by atoms with Gasteiger partial charge in [-0.3, -0.25) is 5.41 Å². The maximum absolute atomic E-state index is 12.1. The summed E-state index contributed by atoms with van der Waals surface area (Å²) >= 11 is 1.25. The SMILES string of the molecule is Br.N=C(CF)SCc1ccc2ccccc2c1. The molecular formula is C13H13BrFNS. The van der Waals surface area contributed by atoms with Crippen molar-refractivity contribution >= 4 is 44.6 Å². The number of halogens is 2. The molecule has 0 heterocycles. The predicted octanol–water partition coefficient (Wildman–Crippen LogP) is 4.60. The molecule has 0 saturated heterocycles. The van der Waals surface area contributed by atoms with Crippen molar-refractivity contribution in [2.24, 2.45) is 0 Å². The van der Waals surface area contributed by atoms with Gasteiger partial charge in [-0.25, -0.2) is 4.39 Å². The van der Waals surface area contributed by atoms with Crippen LogP contribution in [0.25, 0.3) is 10.8 Å². The zero-order valence-electron chi connectivity index (χ0n) is 9.15. The fourth-order valence-electron chi connectivity index (χ4n) is 1.54. The fraction of sp³-hybridized carbons (Fsp3) is 0.154. The van der Waals surface area contributed by atoms with Gasteiger partial charge in [-0.2, -0.15) is 0 Å². The first-order chi connectivity index (χ1) is 7.79. The Hall–Kier alpha value is -0.870. The van der Waals surface area contributed by atoms with E-state index in [-0.39, 0.29) is 22.0 Å². The Morgan fingerprint density at radius 3 is 2.53 bits per heavy atom. The van der Waals surface area contributed by atoms with E-state index in [9.17, 15) is 4.39 Å². The number of thioether (sulfide) groups is 1. The molecule has 1 N–H and O–H groups in total. The lowest BCUT2D eigenvalue weighted by atomic mass is 10.1. The molecule has 90 valence electrons. The Morgan fingerprint density at radius 1 is 1.12 bits per heavy atom. The third kappa shape index (κ3) is 3.82. The highest BCUT2D eigenvalue weighted by atomic mass is 79.9. The first-order valence-electron chi connectivity index (χ1n) is 5.03. The molecule has 17 heavy (non-hydrogen) atoms. The number of alkyl halides is 1. The molecule has 0 unspecified atom stereocenters.